The number of pyridine rings is 1. The molecule has 0 atom stereocenters. The lowest BCUT2D eigenvalue weighted by molar-refractivity contribution is 0.0464. The van der Waals surface area contributed by atoms with Crippen molar-refractivity contribution >= 4 is 11.6 Å². The van der Waals surface area contributed by atoms with Crippen molar-refractivity contribution in [3.63, 3.8) is 0 Å². The summed E-state index contributed by atoms with van der Waals surface area (Å²) in [6.07, 6.45) is 1.70. The average Bonchev–Trinajstić information content (AvgIpc) is 2.54. The summed E-state index contributed by atoms with van der Waals surface area (Å²) in [4.78, 5) is 28.3. The van der Waals surface area contributed by atoms with Crippen LogP contribution in [-0.2, 0) is 11.3 Å². The fourth-order valence-electron chi connectivity index (χ4n) is 2.20. The maximum Gasteiger partial charge on any atom is 0.342 e. The monoisotopic (exact) mass is 310 g/mol. The standard InChI is InChI=1S/C17H14N2O4/c1-11-6-7-15-18-12(8-16(21)19(15)9-11)10-23-17(22)13-4-2-3-5-14(13)20/h2-9,20H,10H2,1H3. The normalized spacial score (nSPS) is 10.7. The highest BCUT2D eigenvalue weighted by molar-refractivity contribution is 5.92. The van der Waals surface area contributed by atoms with Crippen LogP contribution in [0.4, 0.5) is 0 Å². The van der Waals surface area contributed by atoms with Crippen LogP contribution in [-0.4, -0.2) is 20.5 Å². The van der Waals surface area contributed by atoms with Gasteiger partial charge in [-0.3, -0.25) is 9.20 Å². The first-order valence-corrected chi connectivity index (χ1v) is 6.98. The number of rotatable bonds is 3. The van der Waals surface area contributed by atoms with E-state index in [-0.39, 0.29) is 23.5 Å². The van der Waals surface area contributed by atoms with E-state index < -0.39 is 5.97 Å². The van der Waals surface area contributed by atoms with Gasteiger partial charge in [-0.1, -0.05) is 18.2 Å². The van der Waals surface area contributed by atoms with Crippen molar-refractivity contribution in [1.82, 2.24) is 9.38 Å². The second-order valence-electron chi connectivity index (χ2n) is 5.11. The Morgan fingerprint density at radius 2 is 2.04 bits per heavy atom. The van der Waals surface area contributed by atoms with Gasteiger partial charge in [0.05, 0.1) is 5.69 Å². The Balaban J connectivity index is 1.82. The molecule has 1 N–H and O–H groups in total. The van der Waals surface area contributed by atoms with E-state index in [1.165, 1.54) is 22.6 Å². The van der Waals surface area contributed by atoms with Gasteiger partial charge < -0.3 is 9.84 Å². The largest absolute Gasteiger partial charge is 0.507 e. The molecule has 0 amide bonds. The number of carbonyl (C=O) groups excluding carboxylic acids is 1. The highest BCUT2D eigenvalue weighted by Crippen LogP contribution is 2.17. The van der Waals surface area contributed by atoms with E-state index in [1.54, 1.807) is 24.4 Å². The molecule has 3 aromatic rings. The van der Waals surface area contributed by atoms with Gasteiger partial charge in [0.15, 0.2) is 0 Å². The number of carbonyl (C=O) groups is 1. The Morgan fingerprint density at radius 3 is 2.83 bits per heavy atom. The summed E-state index contributed by atoms with van der Waals surface area (Å²) in [7, 11) is 0. The first-order chi connectivity index (χ1) is 11.0. The number of hydrogen-bond donors (Lipinski definition) is 1. The number of fused-ring (bicyclic) bond motifs is 1. The highest BCUT2D eigenvalue weighted by Gasteiger charge is 2.12. The molecule has 0 aliphatic carbocycles. The molecule has 0 unspecified atom stereocenters. The number of hydrogen-bond acceptors (Lipinski definition) is 5. The van der Waals surface area contributed by atoms with Crippen molar-refractivity contribution in [2.45, 2.75) is 13.5 Å². The van der Waals surface area contributed by atoms with Crippen LogP contribution >= 0.6 is 0 Å². The van der Waals surface area contributed by atoms with E-state index in [0.717, 1.165) is 5.56 Å². The maximum atomic E-state index is 12.1. The van der Waals surface area contributed by atoms with Gasteiger partial charge in [-0.05, 0) is 30.7 Å². The number of benzene rings is 1. The maximum absolute atomic E-state index is 12.1. The average molecular weight is 310 g/mol. The van der Waals surface area contributed by atoms with Crippen LogP contribution in [0.25, 0.3) is 5.65 Å². The lowest BCUT2D eigenvalue weighted by Crippen LogP contribution is -2.17. The summed E-state index contributed by atoms with van der Waals surface area (Å²) in [5, 5.41) is 9.62. The Morgan fingerprint density at radius 1 is 1.26 bits per heavy atom. The van der Waals surface area contributed by atoms with Crippen LogP contribution in [0, 0.1) is 6.92 Å². The fourth-order valence-corrected chi connectivity index (χ4v) is 2.20. The third-order valence-corrected chi connectivity index (χ3v) is 3.34. The lowest BCUT2D eigenvalue weighted by Gasteiger charge is -2.07. The molecule has 1 aromatic carbocycles. The SMILES string of the molecule is Cc1ccc2nc(COC(=O)c3ccccc3O)cc(=O)n2c1. The van der Waals surface area contributed by atoms with Crippen LogP contribution in [0.2, 0.25) is 0 Å². The molecular weight excluding hydrogens is 296 g/mol. The van der Waals surface area contributed by atoms with Crippen molar-refractivity contribution < 1.29 is 14.6 Å². The molecule has 116 valence electrons. The van der Waals surface area contributed by atoms with Gasteiger partial charge in [0.25, 0.3) is 5.56 Å². The predicted octanol–water partition coefficient (Wildman–Crippen LogP) is 2.07. The van der Waals surface area contributed by atoms with E-state index in [1.807, 2.05) is 13.0 Å². The van der Waals surface area contributed by atoms with Crippen LogP contribution < -0.4 is 5.56 Å². The summed E-state index contributed by atoms with van der Waals surface area (Å²) >= 11 is 0. The Labute approximate surface area is 131 Å². The first-order valence-electron chi connectivity index (χ1n) is 6.98. The van der Waals surface area contributed by atoms with E-state index in [2.05, 4.69) is 4.98 Å². The summed E-state index contributed by atoms with van der Waals surface area (Å²) in [5.41, 5.74) is 1.60. The van der Waals surface area contributed by atoms with Crippen molar-refractivity contribution in [2.75, 3.05) is 0 Å². The fraction of sp³-hybridized carbons (Fsp3) is 0.118. The zero-order valence-corrected chi connectivity index (χ0v) is 12.4. The number of aromatic hydroxyl groups is 1. The summed E-state index contributed by atoms with van der Waals surface area (Å²) in [6.45, 7) is 1.74. The number of ether oxygens (including phenoxy) is 1. The smallest absolute Gasteiger partial charge is 0.342 e. The van der Waals surface area contributed by atoms with Gasteiger partial charge in [0, 0.05) is 12.3 Å². The molecule has 3 rings (SSSR count). The molecule has 2 aromatic heterocycles. The molecule has 0 spiro atoms. The predicted molar refractivity (Wildman–Crippen MR) is 83.4 cm³/mol. The number of phenols is 1. The molecule has 0 saturated carbocycles. The molecule has 0 radical (unpaired) electrons. The molecule has 0 fully saturated rings. The van der Waals surface area contributed by atoms with Crippen molar-refractivity contribution in [3.8, 4) is 5.75 Å². The molecule has 23 heavy (non-hydrogen) atoms. The number of phenolic OH excluding ortho intramolecular Hbond substituents is 1. The van der Waals surface area contributed by atoms with Gasteiger partial charge in [-0.2, -0.15) is 0 Å². The minimum Gasteiger partial charge on any atom is -0.507 e. The number of para-hydroxylation sites is 1. The van der Waals surface area contributed by atoms with Gasteiger partial charge in [0.1, 0.15) is 23.6 Å². The Bertz CT molecular complexity index is 947. The van der Waals surface area contributed by atoms with Gasteiger partial charge in [-0.15, -0.1) is 0 Å². The third kappa shape index (κ3) is 3.06. The Hall–Kier alpha value is -3.15. The van der Waals surface area contributed by atoms with Crippen molar-refractivity contribution in [3.05, 3.63) is 75.8 Å². The molecule has 2 heterocycles. The van der Waals surface area contributed by atoms with Crippen LogP contribution in [0.1, 0.15) is 21.6 Å². The topological polar surface area (TPSA) is 80.9 Å². The van der Waals surface area contributed by atoms with Gasteiger partial charge >= 0.3 is 5.97 Å². The minimum atomic E-state index is -0.672. The second-order valence-corrected chi connectivity index (χ2v) is 5.11. The number of nitrogens with zero attached hydrogens (tertiary/aromatic N) is 2. The summed E-state index contributed by atoms with van der Waals surface area (Å²) in [6, 6.07) is 11.0. The molecule has 6 nitrogen and oxygen atoms in total. The van der Waals surface area contributed by atoms with E-state index in [0.29, 0.717) is 11.3 Å². The first kappa shape index (κ1) is 14.8. The van der Waals surface area contributed by atoms with Crippen LogP contribution in [0.5, 0.6) is 5.75 Å². The molecule has 0 aliphatic rings. The Kier molecular flexibility index (Phi) is 3.80. The van der Waals surface area contributed by atoms with Gasteiger partial charge in [-0.25, -0.2) is 9.78 Å². The zero-order chi connectivity index (χ0) is 16.4. The quantitative estimate of drug-likeness (QED) is 0.749. The van der Waals surface area contributed by atoms with Crippen LogP contribution in [0.15, 0.2) is 53.5 Å². The van der Waals surface area contributed by atoms with E-state index in [4.69, 9.17) is 4.74 Å². The van der Waals surface area contributed by atoms with E-state index in [9.17, 15) is 14.7 Å². The number of aryl methyl sites for hydroxylation is 1. The lowest BCUT2D eigenvalue weighted by atomic mass is 10.2. The number of esters is 1. The zero-order valence-electron chi connectivity index (χ0n) is 12.4. The molecule has 6 heteroatoms. The molecule has 0 saturated heterocycles. The molecule has 0 bridgehead atoms. The summed E-state index contributed by atoms with van der Waals surface area (Å²) in [5.74, 6) is -0.825. The molecular formula is C17H14N2O4. The van der Waals surface area contributed by atoms with Gasteiger partial charge in [0.2, 0.25) is 0 Å². The summed E-state index contributed by atoms with van der Waals surface area (Å²) < 4.78 is 6.55. The molecule has 0 aliphatic heterocycles. The van der Waals surface area contributed by atoms with Crippen LogP contribution in [0.3, 0.4) is 0 Å². The highest BCUT2D eigenvalue weighted by atomic mass is 16.5. The van der Waals surface area contributed by atoms with E-state index >= 15 is 0 Å². The number of aromatic nitrogens is 2. The van der Waals surface area contributed by atoms with Crippen molar-refractivity contribution in [2.24, 2.45) is 0 Å². The minimum absolute atomic E-state index is 0.0700. The van der Waals surface area contributed by atoms with Crippen molar-refractivity contribution in [1.29, 1.82) is 0 Å². The third-order valence-electron chi connectivity index (χ3n) is 3.34. The second kappa shape index (κ2) is 5.92.